The first kappa shape index (κ1) is 68.0. The van der Waals surface area contributed by atoms with Gasteiger partial charge >= 0.3 is 0 Å². The highest BCUT2D eigenvalue weighted by Gasteiger charge is 2.63. The molecule has 5 amide bonds. The Morgan fingerprint density at radius 2 is 0.322 bits per heavy atom. The van der Waals surface area contributed by atoms with E-state index in [2.05, 4.69) is 26.6 Å². The van der Waals surface area contributed by atoms with Gasteiger partial charge in [-0.15, -0.1) is 0 Å². The standard InChI is InChI=1S/C60H95N5O25/c1-51(2)71-26-21-61-47(67)42-37(82-57(13,14)87-42)32-28(73-53(5,6)77-32)23-63-49(69)44-39(84-59(17,18)89-44)34-30(75-55(9,10)79-34)25-65-50(70)45-40(85-60(19,20)90-45)35-29(74-54(7,8)80-35)24-64-48(68)43-38(83-58(15,16)88-43)33-27(72-52(3,4)78-33)22-62-46(66)41-36(31(26)76-51)81-56(11,12)86-41/h26-45H,21-25H2,1-20H3,(H,61,67)(H,62,66)(H,63,69)(H,64,68)(H,65,70)/t26-,27-,28-,29-,30-,31+,32+,33+,34+,35+,36+,37+,38+,39+,40+,41-,42-,43-,44-,45-/m1/s1. The predicted molar refractivity (Wildman–Crippen MR) is 303 cm³/mol. The van der Waals surface area contributed by atoms with Gasteiger partial charge in [-0.3, -0.25) is 24.0 Å². The summed E-state index contributed by atoms with van der Waals surface area (Å²) in [4.78, 5) is 73.1. The lowest BCUT2D eigenvalue weighted by Gasteiger charge is -2.28. The van der Waals surface area contributed by atoms with Crippen LogP contribution in [0.5, 0.6) is 0 Å². The van der Waals surface area contributed by atoms with Gasteiger partial charge < -0.3 is 121 Å². The van der Waals surface area contributed by atoms with Crippen LogP contribution in [0.3, 0.4) is 0 Å². The molecule has 0 aromatic rings. The highest BCUT2D eigenvalue weighted by Crippen LogP contribution is 2.45. The van der Waals surface area contributed by atoms with Crippen LogP contribution in [0, 0.1) is 0 Å². The molecule has 0 aliphatic carbocycles. The fourth-order valence-corrected chi connectivity index (χ4v) is 14.2. The molecule has 30 nitrogen and oxygen atoms in total. The van der Waals surface area contributed by atoms with E-state index < -0.39 is 209 Å². The van der Waals surface area contributed by atoms with Crippen LogP contribution in [0.2, 0.25) is 0 Å². The monoisotopic (exact) mass is 1290 g/mol. The largest absolute Gasteiger partial charge is 0.351 e. The van der Waals surface area contributed by atoms with Crippen LogP contribution < -0.4 is 26.6 Å². The zero-order valence-corrected chi connectivity index (χ0v) is 55.3. The molecule has 90 heavy (non-hydrogen) atoms. The molecule has 0 aromatic carbocycles. The summed E-state index contributed by atoms with van der Waals surface area (Å²) in [5.41, 5.74) is 0. The molecule has 0 aromatic heterocycles. The maximum atomic E-state index is 14.6. The molecule has 11 saturated heterocycles. The Balaban J connectivity index is 0.896. The SMILES string of the molecule is CC1(C)O[C@@H]2[C@@H]3OC(C)(C)O[C@H]3C(=O)NC[C@H]3OC(C)(C)O[C@@H]3[C@@H]3OC(C)(C)O[C@H]3C(=O)NC[C@H]3OC(C)(C)O[C@@H]3[C@@H]3OC(C)(C)O[C@H]3C(=O)NC[C@H]3OC(C)(C)O[C@@H]3[C@@H]3OC(C)(C)O[C@H]3C(=O)NC[C@H]3OC(C)(C)O[C@@H]3[C@@H]3OC(C)(C)O[C@H]3C(=O)NC[C@H]2O1. The summed E-state index contributed by atoms with van der Waals surface area (Å²) < 4.78 is 128. The predicted octanol–water partition coefficient (Wildman–Crippen LogP) is 0.782. The lowest BCUT2D eigenvalue weighted by Crippen LogP contribution is -2.55. The summed E-state index contributed by atoms with van der Waals surface area (Å²) in [5, 5.41) is 14.9. The average Bonchev–Trinajstić information content (AvgIpc) is 1.65. The van der Waals surface area contributed by atoms with Crippen molar-refractivity contribution in [1.29, 1.82) is 0 Å². The number of nitrogens with one attached hydrogen (secondary N) is 5. The molecule has 5 N–H and O–H groups in total. The van der Waals surface area contributed by atoms with Crippen LogP contribution in [-0.2, 0) is 119 Å². The van der Waals surface area contributed by atoms with Crippen molar-refractivity contribution in [2.75, 3.05) is 32.7 Å². The van der Waals surface area contributed by atoms with Crippen LogP contribution in [0.25, 0.3) is 0 Å². The molecule has 0 saturated carbocycles. The van der Waals surface area contributed by atoms with Gasteiger partial charge in [-0.2, -0.15) is 0 Å². The Bertz CT molecular complexity index is 2320. The van der Waals surface area contributed by atoms with Crippen LogP contribution in [0.1, 0.15) is 138 Å². The molecule has 11 aliphatic heterocycles. The maximum Gasteiger partial charge on any atom is 0.252 e. The Labute approximate surface area is 524 Å². The molecule has 11 rings (SSSR count). The van der Waals surface area contributed by atoms with Gasteiger partial charge in [-0.1, -0.05) is 0 Å². The Hall–Kier alpha value is -3.45. The summed E-state index contributed by atoms with van der Waals surface area (Å²) in [6.45, 7) is 33.0. The maximum absolute atomic E-state index is 14.6. The van der Waals surface area contributed by atoms with Gasteiger partial charge in [0, 0.05) is 32.7 Å². The lowest BCUT2D eigenvalue weighted by atomic mass is 10.00. The first-order valence-corrected chi connectivity index (χ1v) is 31.3. The summed E-state index contributed by atoms with van der Waals surface area (Å²) in [7, 11) is 0. The second-order valence-electron chi connectivity index (χ2n) is 29.5. The number of carbonyl (C=O) groups excluding carboxylic acids is 5. The quantitative estimate of drug-likeness (QED) is 0.224. The zero-order valence-electron chi connectivity index (χ0n) is 55.3. The van der Waals surface area contributed by atoms with E-state index in [4.69, 9.17) is 94.7 Å². The first-order valence-electron chi connectivity index (χ1n) is 31.3. The van der Waals surface area contributed by atoms with Crippen molar-refractivity contribution in [3.8, 4) is 0 Å². The van der Waals surface area contributed by atoms with Crippen LogP contribution in [-0.4, -0.2) is 242 Å². The van der Waals surface area contributed by atoms with E-state index >= 15 is 0 Å². The smallest absolute Gasteiger partial charge is 0.252 e. The molecular weight excluding hydrogens is 1190 g/mol. The minimum absolute atomic E-state index is 0.149. The number of fused-ring (bicyclic) bond motifs is 15. The molecular formula is C60H95N5O25. The molecule has 20 atom stereocenters. The van der Waals surface area contributed by atoms with E-state index in [9.17, 15) is 24.0 Å². The van der Waals surface area contributed by atoms with Crippen molar-refractivity contribution in [3.63, 3.8) is 0 Å². The fourth-order valence-electron chi connectivity index (χ4n) is 14.2. The molecule has 0 unspecified atom stereocenters. The summed E-state index contributed by atoms with van der Waals surface area (Å²) in [6, 6.07) is 0. The first-order chi connectivity index (χ1) is 41.4. The molecule has 11 aliphatic rings. The minimum atomic E-state index is -1.30. The summed E-state index contributed by atoms with van der Waals surface area (Å²) in [5.74, 6) is -15.5. The summed E-state index contributed by atoms with van der Waals surface area (Å²) >= 11 is 0. The Kier molecular flexibility index (Phi) is 17.7. The fraction of sp³-hybridized carbons (Fsp3) is 0.917. The highest BCUT2D eigenvalue weighted by molar-refractivity contribution is 5.84. The number of rotatable bonds is 0. The molecule has 0 bridgehead atoms. The van der Waals surface area contributed by atoms with E-state index in [1.807, 2.05) is 0 Å². The number of hydrogen-bond donors (Lipinski definition) is 5. The third kappa shape index (κ3) is 14.5. The van der Waals surface area contributed by atoms with Gasteiger partial charge in [-0.05, 0) is 138 Å². The number of hydrogen-bond acceptors (Lipinski definition) is 25. The van der Waals surface area contributed by atoms with Gasteiger partial charge in [0.2, 0.25) is 0 Å². The average molecular weight is 1290 g/mol. The van der Waals surface area contributed by atoms with E-state index in [0.717, 1.165) is 0 Å². The Morgan fingerprint density at radius 3 is 0.467 bits per heavy atom. The lowest BCUT2D eigenvalue weighted by molar-refractivity contribution is -0.175. The van der Waals surface area contributed by atoms with Crippen molar-refractivity contribution in [3.05, 3.63) is 0 Å². The third-order valence-electron chi connectivity index (χ3n) is 17.1. The van der Waals surface area contributed by atoms with Crippen LogP contribution >= 0.6 is 0 Å². The van der Waals surface area contributed by atoms with Crippen molar-refractivity contribution in [2.24, 2.45) is 0 Å². The number of amides is 5. The van der Waals surface area contributed by atoms with Gasteiger partial charge in [0.05, 0.1) is 0 Å². The minimum Gasteiger partial charge on any atom is -0.351 e. The Morgan fingerprint density at radius 1 is 0.200 bits per heavy atom. The topological polar surface area (TPSA) is 330 Å². The van der Waals surface area contributed by atoms with Crippen molar-refractivity contribution in [1.82, 2.24) is 26.6 Å². The van der Waals surface area contributed by atoms with E-state index in [1.165, 1.54) is 0 Å². The van der Waals surface area contributed by atoms with Crippen molar-refractivity contribution >= 4 is 29.5 Å². The number of ether oxygens (including phenoxy) is 20. The molecule has 11 heterocycles. The van der Waals surface area contributed by atoms with Gasteiger partial charge in [-0.25, -0.2) is 0 Å². The molecule has 11 fully saturated rings. The molecule has 0 spiro atoms. The second-order valence-corrected chi connectivity index (χ2v) is 29.5. The van der Waals surface area contributed by atoms with Crippen LogP contribution in [0.4, 0.5) is 0 Å². The number of carbonyl (C=O) groups is 5. The normalized spacial score (nSPS) is 45.0. The van der Waals surface area contributed by atoms with Crippen LogP contribution in [0.15, 0.2) is 0 Å². The second kappa shape index (κ2) is 23.4. The van der Waals surface area contributed by atoms with Gasteiger partial charge in [0.15, 0.2) is 88.4 Å². The van der Waals surface area contributed by atoms with Gasteiger partial charge in [0.1, 0.15) is 91.6 Å². The summed E-state index contributed by atoms with van der Waals surface area (Å²) in [6.07, 6.45) is -21.3. The molecule has 30 heteroatoms. The third-order valence-corrected chi connectivity index (χ3v) is 17.1. The zero-order chi connectivity index (χ0) is 65.6. The van der Waals surface area contributed by atoms with Gasteiger partial charge in [0.25, 0.3) is 29.5 Å². The van der Waals surface area contributed by atoms with Crippen molar-refractivity contribution in [2.45, 2.75) is 318 Å². The van der Waals surface area contributed by atoms with E-state index in [0.29, 0.717) is 0 Å². The van der Waals surface area contributed by atoms with Crippen molar-refractivity contribution < 1.29 is 119 Å². The molecule has 0 radical (unpaired) electrons. The highest BCUT2D eigenvalue weighted by atomic mass is 16.8. The van der Waals surface area contributed by atoms with E-state index in [1.54, 1.807) is 138 Å². The van der Waals surface area contributed by atoms with E-state index in [-0.39, 0.29) is 32.7 Å². The molecule has 510 valence electrons.